The summed E-state index contributed by atoms with van der Waals surface area (Å²) >= 11 is 3.08. The molecule has 2 aromatic carbocycles. The second-order valence-electron chi connectivity index (χ2n) is 5.64. The molecule has 0 aliphatic carbocycles. The normalized spacial score (nSPS) is 11.2. The Kier molecular flexibility index (Phi) is 4.44. The largest absolute Gasteiger partial charge is 0.368 e. The van der Waals surface area contributed by atoms with Crippen LogP contribution in [0.1, 0.15) is 5.82 Å². The molecule has 0 fully saturated rings. The first-order valence-corrected chi connectivity index (χ1v) is 9.67. The van der Waals surface area contributed by atoms with E-state index < -0.39 is 5.91 Å². The van der Waals surface area contributed by atoms with Crippen LogP contribution in [-0.2, 0) is 17.1 Å². The molecule has 2 N–H and O–H groups in total. The molecule has 2 heterocycles. The van der Waals surface area contributed by atoms with E-state index in [0.29, 0.717) is 22.5 Å². The van der Waals surface area contributed by atoms with Gasteiger partial charge in [-0.05, 0) is 24.3 Å². The number of benzene rings is 2. The van der Waals surface area contributed by atoms with E-state index >= 15 is 0 Å². The van der Waals surface area contributed by atoms with Crippen molar-refractivity contribution in [3.63, 3.8) is 0 Å². The quantitative estimate of drug-likeness (QED) is 0.536. The summed E-state index contributed by atoms with van der Waals surface area (Å²) in [6.07, 6.45) is 0. The second-order valence-corrected chi connectivity index (χ2v) is 7.89. The number of thioether (sulfide) groups is 1. The van der Waals surface area contributed by atoms with Crippen molar-refractivity contribution in [2.75, 3.05) is 0 Å². The number of para-hydroxylation sites is 2. The molecule has 1 amide bonds. The summed E-state index contributed by atoms with van der Waals surface area (Å²) in [5, 5.41) is 0.475. The Morgan fingerprint density at radius 3 is 2.58 bits per heavy atom. The van der Waals surface area contributed by atoms with Crippen LogP contribution in [0.15, 0.2) is 57.7 Å². The van der Waals surface area contributed by atoms with Crippen LogP contribution in [0.3, 0.4) is 0 Å². The summed E-state index contributed by atoms with van der Waals surface area (Å²) in [7, 11) is 0. The van der Waals surface area contributed by atoms with Gasteiger partial charge in [-0.15, -0.1) is 11.3 Å². The van der Waals surface area contributed by atoms with Gasteiger partial charge in [0.15, 0.2) is 4.34 Å². The molecular weight excluding hydrogens is 368 g/mol. The average Bonchev–Trinajstić information content (AvgIpc) is 3.05. The number of thiazole rings is 1. The van der Waals surface area contributed by atoms with Crippen LogP contribution in [0, 0.1) is 0 Å². The van der Waals surface area contributed by atoms with E-state index in [-0.39, 0.29) is 12.1 Å². The van der Waals surface area contributed by atoms with Gasteiger partial charge < -0.3 is 5.73 Å². The molecule has 0 atom stereocenters. The predicted octanol–water partition coefficient (Wildman–Crippen LogP) is 2.78. The molecule has 130 valence electrons. The Bertz CT molecular complexity index is 1150. The highest BCUT2D eigenvalue weighted by molar-refractivity contribution is 8.00. The number of hydrogen-bond donors (Lipinski definition) is 1. The second kappa shape index (κ2) is 6.89. The number of nitrogens with two attached hydrogens (primary N) is 1. The lowest BCUT2D eigenvalue weighted by Gasteiger charge is -2.11. The summed E-state index contributed by atoms with van der Waals surface area (Å²) in [5.74, 6) is 0.361. The van der Waals surface area contributed by atoms with Crippen molar-refractivity contribution in [1.29, 1.82) is 0 Å². The maximum Gasteiger partial charge on any atom is 0.261 e. The van der Waals surface area contributed by atoms with Crippen molar-refractivity contribution in [3.05, 3.63) is 64.7 Å². The number of amides is 1. The molecule has 0 saturated carbocycles. The maximum absolute atomic E-state index is 12.7. The highest BCUT2D eigenvalue weighted by atomic mass is 32.2. The summed E-state index contributed by atoms with van der Waals surface area (Å²) in [5.41, 5.74) is 6.62. The molecule has 0 radical (unpaired) electrons. The van der Waals surface area contributed by atoms with Crippen molar-refractivity contribution in [1.82, 2.24) is 14.5 Å². The van der Waals surface area contributed by atoms with Crippen molar-refractivity contribution in [2.24, 2.45) is 5.73 Å². The van der Waals surface area contributed by atoms with Gasteiger partial charge in [0.2, 0.25) is 5.91 Å². The molecule has 2 aromatic heterocycles. The SMILES string of the molecule is NC(=O)Cn1c(CSc2nc3ccccc3s2)nc2ccccc2c1=O. The molecular formula is C18H14N4O2S2. The third-order valence-electron chi connectivity index (χ3n) is 3.85. The van der Waals surface area contributed by atoms with Gasteiger partial charge in [-0.3, -0.25) is 14.2 Å². The zero-order chi connectivity index (χ0) is 18.1. The predicted molar refractivity (Wildman–Crippen MR) is 104 cm³/mol. The lowest BCUT2D eigenvalue weighted by Crippen LogP contribution is -2.31. The van der Waals surface area contributed by atoms with E-state index in [1.807, 2.05) is 30.3 Å². The minimum Gasteiger partial charge on any atom is -0.368 e. The smallest absolute Gasteiger partial charge is 0.261 e. The summed E-state index contributed by atoms with van der Waals surface area (Å²) in [6, 6.07) is 15.0. The molecule has 6 nitrogen and oxygen atoms in total. The Hall–Kier alpha value is -2.71. The minimum atomic E-state index is -0.574. The van der Waals surface area contributed by atoms with Gasteiger partial charge in [-0.2, -0.15) is 0 Å². The van der Waals surface area contributed by atoms with Crippen LogP contribution >= 0.6 is 23.1 Å². The van der Waals surface area contributed by atoms with Crippen LogP contribution < -0.4 is 11.3 Å². The first kappa shape index (κ1) is 16.7. The average molecular weight is 382 g/mol. The van der Waals surface area contributed by atoms with Gasteiger partial charge in [-0.1, -0.05) is 36.0 Å². The summed E-state index contributed by atoms with van der Waals surface area (Å²) < 4.78 is 3.35. The molecule has 4 aromatic rings. The monoisotopic (exact) mass is 382 g/mol. The molecule has 26 heavy (non-hydrogen) atoms. The molecule has 8 heteroatoms. The van der Waals surface area contributed by atoms with Crippen molar-refractivity contribution in [2.45, 2.75) is 16.6 Å². The summed E-state index contributed by atoms with van der Waals surface area (Å²) in [4.78, 5) is 33.3. The number of hydrogen-bond acceptors (Lipinski definition) is 6. The number of rotatable bonds is 5. The fraction of sp³-hybridized carbons (Fsp3) is 0.111. The number of carbonyl (C=O) groups is 1. The van der Waals surface area contributed by atoms with Crippen LogP contribution in [0.25, 0.3) is 21.1 Å². The van der Waals surface area contributed by atoms with Gasteiger partial charge in [0.1, 0.15) is 12.4 Å². The van der Waals surface area contributed by atoms with Gasteiger partial charge in [0.25, 0.3) is 5.56 Å². The molecule has 4 rings (SSSR count). The Labute approximate surface area is 156 Å². The highest BCUT2D eigenvalue weighted by Gasteiger charge is 2.14. The Morgan fingerprint density at radius 2 is 1.81 bits per heavy atom. The number of carbonyl (C=O) groups excluding carboxylic acids is 1. The first-order chi connectivity index (χ1) is 12.6. The number of aromatic nitrogens is 3. The van der Waals surface area contributed by atoms with Gasteiger partial charge in [0.05, 0.1) is 26.9 Å². The number of nitrogens with zero attached hydrogens (tertiary/aromatic N) is 3. The lowest BCUT2D eigenvalue weighted by atomic mass is 10.2. The van der Waals surface area contributed by atoms with E-state index in [9.17, 15) is 9.59 Å². The van der Waals surface area contributed by atoms with Crippen LogP contribution in [-0.4, -0.2) is 20.4 Å². The first-order valence-electron chi connectivity index (χ1n) is 7.87. The molecule has 0 spiro atoms. The lowest BCUT2D eigenvalue weighted by molar-refractivity contribution is -0.118. The fourth-order valence-corrected chi connectivity index (χ4v) is 4.70. The van der Waals surface area contributed by atoms with E-state index in [1.165, 1.54) is 16.3 Å². The molecule has 0 bridgehead atoms. The van der Waals surface area contributed by atoms with E-state index in [2.05, 4.69) is 9.97 Å². The van der Waals surface area contributed by atoms with Crippen molar-refractivity contribution in [3.8, 4) is 0 Å². The van der Waals surface area contributed by atoms with Gasteiger partial charge in [0, 0.05) is 0 Å². The molecule has 0 aliphatic heterocycles. The fourth-order valence-electron chi connectivity index (χ4n) is 2.68. The van der Waals surface area contributed by atoms with Crippen LogP contribution in [0.2, 0.25) is 0 Å². The topological polar surface area (TPSA) is 90.9 Å². The third kappa shape index (κ3) is 3.21. The summed E-state index contributed by atoms with van der Waals surface area (Å²) in [6.45, 7) is -0.188. The van der Waals surface area contributed by atoms with Crippen LogP contribution in [0.5, 0.6) is 0 Å². The number of primary amides is 1. The van der Waals surface area contributed by atoms with Crippen LogP contribution in [0.4, 0.5) is 0 Å². The van der Waals surface area contributed by atoms with E-state index in [0.717, 1.165) is 14.6 Å². The van der Waals surface area contributed by atoms with E-state index in [4.69, 9.17) is 5.73 Å². The van der Waals surface area contributed by atoms with Crippen molar-refractivity contribution < 1.29 is 4.79 Å². The van der Waals surface area contributed by atoms with E-state index in [1.54, 1.807) is 29.5 Å². The zero-order valence-corrected chi connectivity index (χ0v) is 15.2. The Morgan fingerprint density at radius 1 is 1.08 bits per heavy atom. The van der Waals surface area contributed by atoms with Gasteiger partial charge >= 0.3 is 0 Å². The molecule has 0 saturated heterocycles. The van der Waals surface area contributed by atoms with Crippen molar-refractivity contribution >= 4 is 50.1 Å². The Balaban J connectivity index is 1.72. The highest BCUT2D eigenvalue weighted by Crippen LogP contribution is 2.31. The number of fused-ring (bicyclic) bond motifs is 2. The van der Waals surface area contributed by atoms with Gasteiger partial charge in [-0.25, -0.2) is 9.97 Å². The minimum absolute atomic E-state index is 0.188. The third-order valence-corrected chi connectivity index (χ3v) is 6.03. The standard InChI is InChI=1S/C18H14N4O2S2/c19-15(23)9-22-16(20-12-6-2-1-5-11(12)17(22)24)10-25-18-21-13-7-3-4-8-14(13)26-18/h1-8H,9-10H2,(H2,19,23). The zero-order valence-electron chi connectivity index (χ0n) is 13.6. The molecule has 0 aliphatic rings. The molecule has 0 unspecified atom stereocenters. The maximum atomic E-state index is 12.7.